The number of carbonyl (C=O) groups is 1. The van der Waals surface area contributed by atoms with E-state index in [0.717, 1.165) is 11.3 Å². The van der Waals surface area contributed by atoms with Crippen LogP contribution in [0.2, 0.25) is 5.02 Å². The standard InChI is InChI=1S/C14H19ClN2O4S/c1-21-8-3-9-22(19,20)16-10-14(18)17-7-6-11-12(15)4-2-5-13(11)17/h2,4-5,16H,3,6-10H2,1H3. The molecule has 0 atom stereocenters. The Kier molecular flexibility index (Phi) is 5.80. The average Bonchev–Trinajstić information content (AvgIpc) is 2.90. The summed E-state index contributed by atoms with van der Waals surface area (Å²) in [5.41, 5.74) is 1.69. The number of hydrogen-bond acceptors (Lipinski definition) is 4. The minimum absolute atomic E-state index is 0.0590. The predicted octanol–water partition coefficient (Wildman–Crippen LogP) is 1.19. The topological polar surface area (TPSA) is 75.7 Å². The molecule has 1 aromatic rings. The second-order valence-corrected chi connectivity index (χ2v) is 7.35. The van der Waals surface area contributed by atoms with Crippen molar-refractivity contribution in [3.63, 3.8) is 0 Å². The Labute approximate surface area is 135 Å². The van der Waals surface area contributed by atoms with Crippen LogP contribution in [0.25, 0.3) is 0 Å². The van der Waals surface area contributed by atoms with Crippen LogP contribution in [0.5, 0.6) is 0 Å². The van der Waals surface area contributed by atoms with E-state index < -0.39 is 10.0 Å². The van der Waals surface area contributed by atoms with Gasteiger partial charge in [-0.15, -0.1) is 0 Å². The summed E-state index contributed by atoms with van der Waals surface area (Å²) in [5.74, 6) is -0.340. The molecule has 1 aromatic carbocycles. The highest BCUT2D eigenvalue weighted by Crippen LogP contribution is 2.33. The van der Waals surface area contributed by atoms with E-state index in [1.807, 2.05) is 6.07 Å². The van der Waals surface area contributed by atoms with Gasteiger partial charge in [0.2, 0.25) is 15.9 Å². The SMILES string of the molecule is COCCCS(=O)(=O)NCC(=O)N1CCc2c(Cl)cccc21. The van der Waals surface area contributed by atoms with Crippen molar-refractivity contribution < 1.29 is 17.9 Å². The van der Waals surface area contributed by atoms with Crippen LogP contribution < -0.4 is 9.62 Å². The van der Waals surface area contributed by atoms with Crippen molar-refractivity contribution in [2.24, 2.45) is 0 Å². The average molecular weight is 347 g/mol. The molecule has 0 radical (unpaired) electrons. The van der Waals surface area contributed by atoms with Crippen molar-refractivity contribution in [2.75, 3.05) is 37.5 Å². The van der Waals surface area contributed by atoms with Crippen LogP contribution in [0.4, 0.5) is 5.69 Å². The Hall–Kier alpha value is -1.15. The third-order valence-electron chi connectivity index (χ3n) is 3.48. The number of benzene rings is 1. The van der Waals surface area contributed by atoms with Crippen molar-refractivity contribution in [1.82, 2.24) is 4.72 Å². The Morgan fingerprint density at radius 2 is 2.23 bits per heavy atom. The largest absolute Gasteiger partial charge is 0.385 e. The smallest absolute Gasteiger partial charge is 0.242 e. The van der Waals surface area contributed by atoms with Crippen molar-refractivity contribution in [3.05, 3.63) is 28.8 Å². The molecular formula is C14H19ClN2O4S. The molecule has 1 heterocycles. The fourth-order valence-electron chi connectivity index (χ4n) is 2.38. The first-order chi connectivity index (χ1) is 10.4. The van der Waals surface area contributed by atoms with Crippen LogP contribution in [0, 0.1) is 0 Å². The van der Waals surface area contributed by atoms with Gasteiger partial charge in [0.05, 0.1) is 12.3 Å². The Balaban J connectivity index is 1.94. The van der Waals surface area contributed by atoms with E-state index >= 15 is 0 Å². The number of amides is 1. The zero-order valence-electron chi connectivity index (χ0n) is 12.3. The maximum atomic E-state index is 12.2. The summed E-state index contributed by atoms with van der Waals surface area (Å²) in [6.07, 6.45) is 1.07. The van der Waals surface area contributed by atoms with Gasteiger partial charge >= 0.3 is 0 Å². The number of rotatable bonds is 7. The molecule has 2 rings (SSSR count). The molecule has 0 spiro atoms. The summed E-state index contributed by atoms with van der Waals surface area (Å²) in [6, 6.07) is 5.38. The lowest BCUT2D eigenvalue weighted by Gasteiger charge is -2.17. The van der Waals surface area contributed by atoms with Gasteiger partial charge in [0.1, 0.15) is 0 Å². The third-order valence-corrected chi connectivity index (χ3v) is 5.24. The molecule has 1 N–H and O–H groups in total. The van der Waals surface area contributed by atoms with E-state index in [1.54, 1.807) is 17.0 Å². The minimum Gasteiger partial charge on any atom is -0.385 e. The number of nitrogens with one attached hydrogen (secondary N) is 1. The fraction of sp³-hybridized carbons (Fsp3) is 0.500. The number of hydrogen-bond donors (Lipinski definition) is 1. The quantitative estimate of drug-likeness (QED) is 0.752. The van der Waals surface area contributed by atoms with Crippen molar-refractivity contribution in [1.29, 1.82) is 0 Å². The highest BCUT2D eigenvalue weighted by atomic mass is 35.5. The summed E-state index contributed by atoms with van der Waals surface area (Å²) in [6.45, 7) is 0.636. The maximum Gasteiger partial charge on any atom is 0.242 e. The zero-order valence-corrected chi connectivity index (χ0v) is 13.9. The van der Waals surface area contributed by atoms with Gasteiger partial charge in [-0.05, 0) is 30.5 Å². The lowest BCUT2D eigenvalue weighted by atomic mass is 10.2. The van der Waals surface area contributed by atoms with Crippen molar-refractivity contribution in [3.8, 4) is 0 Å². The van der Waals surface area contributed by atoms with Crippen LogP contribution in [-0.4, -0.2) is 46.9 Å². The molecule has 8 heteroatoms. The summed E-state index contributed by atoms with van der Waals surface area (Å²) in [7, 11) is -1.95. The molecule has 0 saturated carbocycles. The number of anilines is 1. The zero-order chi connectivity index (χ0) is 16.2. The van der Waals surface area contributed by atoms with E-state index in [1.165, 1.54) is 7.11 Å². The molecule has 0 saturated heterocycles. The molecule has 22 heavy (non-hydrogen) atoms. The Bertz CT molecular complexity index is 648. The van der Waals surface area contributed by atoms with E-state index in [-0.39, 0.29) is 18.2 Å². The van der Waals surface area contributed by atoms with Gasteiger partial charge in [-0.2, -0.15) is 0 Å². The molecule has 0 fully saturated rings. The highest BCUT2D eigenvalue weighted by molar-refractivity contribution is 7.89. The predicted molar refractivity (Wildman–Crippen MR) is 85.8 cm³/mol. The van der Waals surface area contributed by atoms with Crippen molar-refractivity contribution in [2.45, 2.75) is 12.8 Å². The van der Waals surface area contributed by atoms with Gasteiger partial charge in [0, 0.05) is 31.0 Å². The second-order valence-electron chi connectivity index (χ2n) is 5.02. The first-order valence-electron chi connectivity index (χ1n) is 6.98. The van der Waals surface area contributed by atoms with Gasteiger partial charge in [-0.3, -0.25) is 4.79 Å². The van der Waals surface area contributed by atoms with Crippen LogP contribution in [0.3, 0.4) is 0 Å². The fourth-order valence-corrected chi connectivity index (χ4v) is 3.63. The number of methoxy groups -OCH3 is 1. The Morgan fingerprint density at radius 3 is 2.95 bits per heavy atom. The molecule has 1 aliphatic rings. The lowest BCUT2D eigenvalue weighted by molar-refractivity contribution is -0.117. The monoisotopic (exact) mass is 346 g/mol. The summed E-state index contributed by atoms with van der Waals surface area (Å²) in [5, 5.41) is 0.632. The van der Waals surface area contributed by atoms with E-state index in [4.69, 9.17) is 16.3 Å². The highest BCUT2D eigenvalue weighted by Gasteiger charge is 2.26. The second kappa shape index (κ2) is 7.41. The van der Waals surface area contributed by atoms with Crippen LogP contribution >= 0.6 is 11.6 Å². The number of halogens is 1. The number of ether oxygens (including phenoxy) is 1. The van der Waals surface area contributed by atoms with Crippen LogP contribution in [0.15, 0.2) is 18.2 Å². The maximum absolute atomic E-state index is 12.2. The Morgan fingerprint density at radius 1 is 1.45 bits per heavy atom. The normalized spacial score (nSPS) is 14.2. The number of carbonyl (C=O) groups excluding carboxylic acids is 1. The number of fused-ring (bicyclic) bond motifs is 1. The van der Waals surface area contributed by atoms with E-state index in [2.05, 4.69) is 4.72 Å². The molecule has 1 amide bonds. The van der Waals surface area contributed by atoms with Gasteiger partial charge < -0.3 is 9.64 Å². The lowest BCUT2D eigenvalue weighted by Crippen LogP contribution is -2.40. The van der Waals surface area contributed by atoms with Crippen LogP contribution in [-0.2, 0) is 26.0 Å². The van der Waals surface area contributed by atoms with Gasteiger partial charge in [-0.1, -0.05) is 17.7 Å². The number of nitrogens with zero attached hydrogens (tertiary/aromatic N) is 1. The van der Waals surface area contributed by atoms with Crippen LogP contribution in [0.1, 0.15) is 12.0 Å². The van der Waals surface area contributed by atoms with Gasteiger partial charge in [0.25, 0.3) is 0 Å². The molecular weight excluding hydrogens is 328 g/mol. The number of sulfonamides is 1. The summed E-state index contributed by atoms with van der Waals surface area (Å²) in [4.78, 5) is 13.8. The molecule has 6 nitrogen and oxygen atoms in total. The third kappa shape index (κ3) is 4.19. The molecule has 0 aliphatic carbocycles. The molecule has 0 bridgehead atoms. The van der Waals surface area contributed by atoms with E-state index in [9.17, 15) is 13.2 Å². The van der Waals surface area contributed by atoms with Crippen molar-refractivity contribution >= 4 is 33.2 Å². The van der Waals surface area contributed by atoms with Gasteiger partial charge in [-0.25, -0.2) is 13.1 Å². The van der Waals surface area contributed by atoms with Gasteiger partial charge in [0.15, 0.2) is 0 Å². The first-order valence-corrected chi connectivity index (χ1v) is 9.01. The molecule has 0 aromatic heterocycles. The minimum atomic E-state index is -3.47. The molecule has 122 valence electrons. The summed E-state index contributed by atoms with van der Waals surface area (Å²) >= 11 is 6.10. The molecule has 1 aliphatic heterocycles. The first kappa shape index (κ1) is 17.2. The van der Waals surface area contributed by atoms with E-state index in [0.29, 0.717) is 31.0 Å². The molecule has 0 unspecified atom stereocenters. The summed E-state index contributed by atoms with van der Waals surface area (Å²) < 4.78 is 30.7.